The molecule has 0 bridgehead atoms. The van der Waals surface area contributed by atoms with E-state index in [-0.39, 0.29) is 6.10 Å². The van der Waals surface area contributed by atoms with Gasteiger partial charge >= 0.3 is 0 Å². The predicted molar refractivity (Wildman–Crippen MR) is 137 cm³/mol. The lowest BCUT2D eigenvalue weighted by molar-refractivity contribution is 0.167. The number of rotatable bonds is 8. The minimum atomic E-state index is -0.557. The molecule has 33 heavy (non-hydrogen) atoms. The molecule has 0 saturated heterocycles. The summed E-state index contributed by atoms with van der Waals surface area (Å²) in [5, 5.41) is 22.3. The molecule has 4 rings (SSSR count). The fourth-order valence-electron chi connectivity index (χ4n) is 4.03. The first kappa shape index (κ1) is 23.2. The number of aryl methyl sites for hydroxylation is 1. The first-order valence-electron chi connectivity index (χ1n) is 11.3. The number of aliphatic hydroxyl groups is 2. The molecule has 0 aliphatic heterocycles. The first-order chi connectivity index (χ1) is 16.0. The third-order valence-electron chi connectivity index (χ3n) is 5.74. The lowest BCUT2D eigenvalue weighted by Gasteiger charge is -2.15. The molecule has 0 saturated carbocycles. The van der Waals surface area contributed by atoms with Crippen LogP contribution < -0.4 is 0 Å². The molecule has 168 valence electrons. The van der Waals surface area contributed by atoms with E-state index in [4.69, 9.17) is 11.6 Å². The van der Waals surface area contributed by atoms with Crippen LogP contribution in [0.3, 0.4) is 0 Å². The predicted octanol–water partition coefficient (Wildman–Crippen LogP) is 6.65. The number of fused-ring (bicyclic) bond motifs is 1. The molecule has 1 aromatic heterocycles. The van der Waals surface area contributed by atoms with Gasteiger partial charge in [0.1, 0.15) is 0 Å². The lowest BCUT2D eigenvalue weighted by Crippen LogP contribution is -2.08. The van der Waals surface area contributed by atoms with E-state index >= 15 is 0 Å². The van der Waals surface area contributed by atoms with Crippen molar-refractivity contribution in [3.8, 4) is 0 Å². The number of halogens is 1. The smallest absolute Gasteiger partial charge is 0.0793 e. The summed E-state index contributed by atoms with van der Waals surface area (Å²) in [5.41, 5.74) is 5.93. The van der Waals surface area contributed by atoms with Gasteiger partial charge < -0.3 is 10.2 Å². The third kappa shape index (κ3) is 6.29. The molecule has 1 heterocycles. The summed E-state index contributed by atoms with van der Waals surface area (Å²) < 4.78 is 0. The van der Waals surface area contributed by atoms with Crippen LogP contribution in [0.25, 0.3) is 23.1 Å². The van der Waals surface area contributed by atoms with Crippen LogP contribution in [0.5, 0.6) is 0 Å². The van der Waals surface area contributed by atoms with Crippen molar-refractivity contribution in [1.82, 2.24) is 4.98 Å². The molecular formula is C29H28ClNO2. The molecule has 0 aliphatic carbocycles. The van der Waals surface area contributed by atoms with Crippen molar-refractivity contribution >= 4 is 34.7 Å². The van der Waals surface area contributed by atoms with Crippen molar-refractivity contribution in [3.05, 3.63) is 112 Å². The van der Waals surface area contributed by atoms with Gasteiger partial charge in [-0.2, -0.15) is 0 Å². The SMILES string of the molecule is C[C@H](O)Cc1ccccc1CC[C@@H](O)c1cccc(/C=C/c2ccc3ccc(Cl)cc3n2)c1. The minimum Gasteiger partial charge on any atom is -0.393 e. The number of aliphatic hydroxyl groups excluding tert-OH is 2. The lowest BCUT2D eigenvalue weighted by atomic mass is 9.95. The van der Waals surface area contributed by atoms with Crippen molar-refractivity contribution in [2.45, 2.75) is 38.4 Å². The van der Waals surface area contributed by atoms with E-state index in [1.165, 1.54) is 5.56 Å². The highest BCUT2D eigenvalue weighted by Crippen LogP contribution is 2.23. The Morgan fingerprint density at radius 2 is 1.67 bits per heavy atom. The molecular weight excluding hydrogens is 430 g/mol. The zero-order valence-corrected chi connectivity index (χ0v) is 19.4. The fourth-order valence-corrected chi connectivity index (χ4v) is 4.19. The van der Waals surface area contributed by atoms with Crippen LogP contribution in [0.4, 0.5) is 0 Å². The maximum absolute atomic E-state index is 10.8. The molecule has 0 amide bonds. The zero-order chi connectivity index (χ0) is 23.2. The highest BCUT2D eigenvalue weighted by atomic mass is 35.5. The molecule has 4 heteroatoms. The zero-order valence-electron chi connectivity index (χ0n) is 18.7. The molecule has 2 N–H and O–H groups in total. The number of pyridine rings is 1. The van der Waals surface area contributed by atoms with Gasteiger partial charge in [0, 0.05) is 10.4 Å². The van der Waals surface area contributed by atoms with Crippen molar-refractivity contribution in [1.29, 1.82) is 0 Å². The Kier molecular flexibility index (Phi) is 7.56. The van der Waals surface area contributed by atoms with Gasteiger partial charge in [-0.15, -0.1) is 0 Å². The van der Waals surface area contributed by atoms with Crippen LogP contribution in [0, 0.1) is 0 Å². The maximum atomic E-state index is 10.8. The summed E-state index contributed by atoms with van der Waals surface area (Å²) >= 11 is 6.09. The van der Waals surface area contributed by atoms with Crippen LogP contribution in [-0.2, 0) is 12.8 Å². The van der Waals surface area contributed by atoms with Gasteiger partial charge in [-0.25, -0.2) is 4.98 Å². The van der Waals surface area contributed by atoms with Crippen LogP contribution in [0.2, 0.25) is 5.02 Å². The molecule has 3 aromatic carbocycles. The molecule has 0 unspecified atom stereocenters. The van der Waals surface area contributed by atoms with Crippen molar-refractivity contribution in [2.24, 2.45) is 0 Å². The van der Waals surface area contributed by atoms with Gasteiger partial charge in [0.05, 0.1) is 23.4 Å². The second-order valence-corrected chi connectivity index (χ2v) is 8.89. The Balaban J connectivity index is 1.44. The van der Waals surface area contributed by atoms with Gasteiger partial charge in [0.25, 0.3) is 0 Å². The number of hydrogen-bond donors (Lipinski definition) is 2. The second-order valence-electron chi connectivity index (χ2n) is 8.45. The van der Waals surface area contributed by atoms with Crippen LogP contribution in [0.15, 0.2) is 78.9 Å². The maximum Gasteiger partial charge on any atom is 0.0793 e. The average molecular weight is 458 g/mol. The van der Waals surface area contributed by atoms with E-state index in [0.717, 1.165) is 39.7 Å². The summed E-state index contributed by atoms with van der Waals surface area (Å²) in [6.45, 7) is 1.80. The summed E-state index contributed by atoms with van der Waals surface area (Å²) in [7, 11) is 0. The van der Waals surface area contributed by atoms with E-state index in [1.807, 2.05) is 78.9 Å². The number of nitrogens with zero attached hydrogens (tertiary/aromatic N) is 1. The summed E-state index contributed by atoms with van der Waals surface area (Å²) in [6, 6.07) is 25.8. The molecule has 0 spiro atoms. The third-order valence-corrected chi connectivity index (χ3v) is 5.97. The van der Waals surface area contributed by atoms with Crippen molar-refractivity contribution in [2.75, 3.05) is 0 Å². The van der Waals surface area contributed by atoms with E-state index in [2.05, 4.69) is 17.1 Å². The Morgan fingerprint density at radius 1 is 0.879 bits per heavy atom. The minimum absolute atomic E-state index is 0.381. The van der Waals surface area contributed by atoms with Gasteiger partial charge in [-0.3, -0.25) is 0 Å². The Hall–Kier alpha value is -2.98. The van der Waals surface area contributed by atoms with E-state index in [9.17, 15) is 10.2 Å². The number of benzene rings is 3. The Morgan fingerprint density at radius 3 is 2.48 bits per heavy atom. The van der Waals surface area contributed by atoms with E-state index in [1.54, 1.807) is 6.92 Å². The standard InChI is InChI=1S/C29H28ClNO2/c1-20(32)17-24-7-3-2-6-22(24)12-16-29(33)25-8-4-5-21(18-25)9-14-27-15-11-23-10-13-26(30)19-28(23)31-27/h2-11,13-15,18-20,29,32-33H,12,16-17H2,1H3/b14-9+/t20-,29+/m0/s1. The van der Waals surface area contributed by atoms with Gasteiger partial charge in [0.2, 0.25) is 0 Å². The normalized spacial score (nSPS) is 13.5. The van der Waals surface area contributed by atoms with Crippen molar-refractivity contribution < 1.29 is 10.2 Å². The van der Waals surface area contributed by atoms with Crippen LogP contribution in [-0.4, -0.2) is 21.3 Å². The van der Waals surface area contributed by atoms with Gasteiger partial charge in [-0.1, -0.05) is 72.3 Å². The summed E-state index contributed by atoms with van der Waals surface area (Å²) in [4.78, 5) is 4.66. The molecule has 0 radical (unpaired) electrons. The quantitative estimate of drug-likeness (QED) is 0.311. The topological polar surface area (TPSA) is 53.4 Å². The fraction of sp³-hybridized carbons (Fsp3) is 0.207. The van der Waals surface area contributed by atoms with Crippen LogP contribution in [0.1, 0.15) is 47.4 Å². The molecule has 0 aliphatic rings. The number of aromatic nitrogens is 1. The average Bonchev–Trinajstić information content (AvgIpc) is 2.81. The molecule has 3 nitrogen and oxygen atoms in total. The largest absolute Gasteiger partial charge is 0.393 e. The first-order valence-corrected chi connectivity index (χ1v) is 11.6. The molecule has 4 aromatic rings. The van der Waals surface area contributed by atoms with Gasteiger partial charge in [-0.05, 0) is 78.8 Å². The van der Waals surface area contributed by atoms with Crippen LogP contribution >= 0.6 is 11.6 Å². The highest BCUT2D eigenvalue weighted by molar-refractivity contribution is 6.31. The molecule has 2 atom stereocenters. The van der Waals surface area contributed by atoms with Crippen molar-refractivity contribution in [3.63, 3.8) is 0 Å². The summed E-state index contributed by atoms with van der Waals surface area (Å²) in [5.74, 6) is 0. The Bertz CT molecular complexity index is 1270. The summed E-state index contributed by atoms with van der Waals surface area (Å²) in [6.07, 6.45) is 5.05. The monoisotopic (exact) mass is 457 g/mol. The van der Waals surface area contributed by atoms with E-state index < -0.39 is 6.10 Å². The second kappa shape index (κ2) is 10.8. The number of hydrogen-bond acceptors (Lipinski definition) is 3. The van der Waals surface area contributed by atoms with Gasteiger partial charge in [0.15, 0.2) is 0 Å². The van der Waals surface area contributed by atoms with E-state index in [0.29, 0.717) is 17.9 Å². The Labute approximate surface area is 200 Å². The highest BCUT2D eigenvalue weighted by Gasteiger charge is 2.11. The molecule has 0 fully saturated rings.